The fourth-order valence-electron chi connectivity index (χ4n) is 2.62. The highest BCUT2D eigenvalue weighted by Crippen LogP contribution is 2.32. The molecule has 3 rings (SSSR count). The molecule has 1 aliphatic carbocycles. The quantitative estimate of drug-likeness (QED) is 0.906. The summed E-state index contributed by atoms with van der Waals surface area (Å²) in [5.41, 5.74) is 8.10. The number of hydrogen-bond donors (Lipinski definition) is 1. The van der Waals surface area contributed by atoms with Crippen LogP contribution in [0.5, 0.6) is 0 Å². The molecule has 0 atom stereocenters. The topological polar surface area (TPSA) is 64.9 Å². The highest BCUT2D eigenvalue weighted by atomic mass is 79.9. The minimum absolute atomic E-state index is 0.335. The lowest BCUT2D eigenvalue weighted by Gasteiger charge is -2.22. The molecule has 106 valence electrons. The highest BCUT2D eigenvalue weighted by molar-refractivity contribution is 9.10. The summed E-state index contributed by atoms with van der Waals surface area (Å²) < 4.78 is 6.51. The van der Waals surface area contributed by atoms with Crippen LogP contribution in [-0.4, -0.2) is 16.2 Å². The van der Waals surface area contributed by atoms with Crippen molar-refractivity contribution in [1.82, 2.24) is 10.1 Å². The second kappa shape index (κ2) is 5.66. The first kappa shape index (κ1) is 13.8. The van der Waals surface area contributed by atoms with E-state index in [9.17, 15) is 0 Å². The Kier molecular flexibility index (Phi) is 3.89. The van der Waals surface area contributed by atoms with Gasteiger partial charge in [0.2, 0.25) is 11.7 Å². The van der Waals surface area contributed by atoms with Gasteiger partial charge in [-0.1, -0.05) is 33.2 Å². The molecule has 0 radical (unpaired) electrons. The summed E-state index contributed by atoms with van der Waals surface area (Å²) >= 11 is 3.53. The lowest BCUT2D eigenvalue weighted by atomic mass is 9.86. The summed E-state index contributed by atoms with van der Waals surface area (Å²) in [7, 11) is 0. The summed E-state index contributed by atoms with van der Waals surface area (Å²) in [5, 5.41) is 4.11. The molecule has 2 aromatic rings. The predicted octanol–water partition coefficient (Wildman–Crippen LogP) is 3.79. The molecule has 0 aliphatic heterocycles. The van der Waals surface area contributed by atoms with E-state index < -0.39 is 0 Å². The van der Waals surface area contributed by atoms with Crippen molar-refractivity contribution in [3.05, 3.63) is 34.1 Å². The molecule has 1 aliphatic rings. The SMILES string of the molecule is Cc1ccc(-c2noc(C3CCC(N)CC3)n2)cc1Br. The zero-order valence-corrected chi connectivity index (χ0v) is 13.1. The Morgan fingerprint density at radius 3 is 2.70 bits per heavy atom. The van der Waals surface area contributed by atoms with Gasteiger partial charge in [-0.15, -0.1) is 0 Å². The molecule has 0 unspecified atom stereocenters. The summed E-state index contributed by atoms with van der Waals surface area (Å²) in [5.74, 6) is 1.78. The van der Waals surface area contributed by atoms with E-state index in [0.29, 0.717) is 17.8 Å². The zero-order valence-electron chi connectivity index (χ0n) is 11.5. The molecule has 0 saturated heterocycles. The maximum Gasteiger partial charge on any atom is 0.230 e. The molecule has 2 N–H and O–H groups in total. The Bertz CT molecular complexity index is 603. The van der Waals surface area contributed by atoms with Gasteiger partial charge in [-0.2, -0.15) is 4.98 Å². The molecular weight excluding hydrogens is 318 g/mol. The maximum absolute atomic E-state index is 5.93. The Morgan fingerprint density at radius 2 is 2.00 bits per heavy atom. The van der Waals surface area contributed by atoms with Crippen molar-refractivity contribution >= 4 is 15.9 Å². The first-order valence-electron chi connectivity index (χ1n) is 6.99. The summed E-state index contributed by atoms with van der Waals surface area (Å²) in [4.78, 5) is 4.56. The van der Waals surface area contributed by atoms with Gasteiger partial charge in [-0.25, -0.2) is 0 Å². The Labute approximate surface area is 126 Å². The van der Waals surface area contributed by atoms with Gasteiger partial charge < -0.3 is 10.3 Å². The number of hydrogen-bond acceptors (Lipinski definition) is 4. The van der Waals surface area contributed by atoms with Gasteiger partial charge in [0.1, 0.15) is 0 Å². The van der Waals surface area contributed by atoms with Crippen molar-refractivity contribution in [3.63, 3.8) is 0 Å². The second-order valence-electron chi connectivity index (χ2n) is 5.53. The van der Waals surface area contributed by atoms with Gasteiger partial charge in [-0.3, -0.25) is 0 Å². The standard InChI is InChI=1S/C15H18BrN3O/c1-9-2-3-11(8-13(9)16)14-18-15(20-19-14)10-4-6-12(17)7-5-10/h2-3,8,10,12H,4-7,17H2,1H3. The second-order valence-corrected chi connectivity index (χ2v) is 6.39. The zero-order chi connectivity index (χ0) is 14.1. The van der Waals surface area contributed by atoms with E-state index in [4.69, 9.17) is 10.3 Å². The third-order valence-corrected chi connectivity index (χ3v) is 4.85. The van der Waals surface area contributed by atoms with E-state index in [2.05, 4.69) is 39.1 Å². The molecule has 1 aromatic carbocycles. The maximum atomic E-state index is 5.93. The van der Waals surface area contributed by atoms with Crippen molar-refractivity contribution < 1.29 is 4.52 Å². The largest absolute Gasteiger partial charge is 0.339 e. The van der Waals surface area contributed by atoms with Gasteiger partial charge in [0, 0.05) is 22.0 Å². The molecular formula is C15H18BrN3O. The number of nitrogens with two attached hydrogens (primary N) is 1. The number of aryl methyl sites for hydroxylation is 1. The summed E-state index contributed by atoms with van der Waals surface area (Å²) in [6.07, 6.45) is 4.16. The van der Waals surface area contributed by atoms with Crippen LogP contribution in [0.15, 0.2) is 27.2 Å². The van der Waals surface area contributed by atoms with Crippen molar-refractivity contribution in [2.45, 2.75) is 44.6 Å². The van der Waals surface area contributed by atoms with Crippen LogP contribution in [0.2, 0.25) is 0 Å². The first-order chi connectivity index (χ1) is 9.63. The predicted molar refractivity (Wildman–Crippen MR) is 81.4 cm³/mol. The van der Waals surface area contributed by atoms with Gasteiger partial charge in [0.15, 0.2) is 0 Å². The highest BCUT2D eigenvalue weighted by Gasteiger charge is 2.25. The van der Waals surface area contributed by atoms with E-state index in [0.717, 1.165) is 41.6 Å². The molecule has 0 spiro atoms. The lowest BCUT2D eigenvalue weighted by Crippen LogP contribution is -2.25. The van der Waals surface area contributed by atoms with Crippen LogP contribution < -0.4 is 5.73 Å². The molecule has 20 heavy (non-hydrogen) atoms. The van der Waals surface area contributed by atoms with Gasteiger partial charge in [0.25, 0.3) is 0 Å². The fourth-order valence-corrected chi connectivity index (χ4v) is 3.00. The summed E-state index contributed by atoms with van der Waals surface area (Å²) in [6.45, 7) is 2.06. The van der Waals surface area contributed by atoms with E-state index in [1.165, 1.54) is 5.56 Å². The van der Waals surface area contributed by atoms with Crippen LogP contribution in [-0.2, 0) is 0 Å². The Balaban J connectivity index is 1.81. The van der Waals surface area contributed by atoms with Crippen molar-refractivity contribution in [2.75, 3.05) is 0 Å². The van der Waals surface area contributed by atoms with Gasteiger partial charge in [0.05, 0.1) is 0 Å². The average Bonchev–Trinajstić information content (AvgIpc) is 2.92. The monoisotopic (exact) mass is 335 g/mol. The lowest BCUT2D eigenvalue weighted by molar-refractivity contribution is 0.301. The number of aromatic nitrogens is 2. The van der Waals surface area contributed by atoms with Gasteiger partial charge >= 0.3 is 0 Å². The van der Waals surface area contributed by atoms with E-state index in [1.54, 1.807) is 0 Å². The normalized spacial score (nSPS) is 22.9. The minimum Gasteiger partial charge on any atom is -0.339 e. The number of benzene rings is 1. The van der Waals surface area contributed by atoms with Crippen LogP contribution in [0, 0.1) is 6.92 Å². The van der Waals surface area contributed by atoms with Crippen LogP contribution in [0.1, 0.15) is 43.1 Å². The molecule has 1 fully saturated rings. The molecule has 1 heterocycles. The fraction of sp³-hybridized carbons (Fsp3) is 0.467. The number of halogens is 1. The molecule has 4 nitrogen and oxygen atoms in total. The Morgan fingerprint density at radius 1 is 1.25 bits per heavy atom. The van der Waals surface area contributed by atoms with Crippen LogP contribution >= 0.6 is 15.9 Å². The Hall–Kier alpha value is -1.20. The smallest absolute Gasteiger partial charge is 0.230 e. The molecule has 0 bridgehead atoms. The molecule has 5 heteroatoms. The molecule has 0 amide bonds. The van der Waals surface area contributed by atoms with E-state index in [-0.39, 0.29) is 0 Å². The third kappa shape index (κ3) is 2.79. The van der Waals surface area contributed by atoms with Crippen LogP contribution in [0.25, 0.3) is 11.4 Å². The van der Waals surface area contributed by atoms with E-state index in [1.807, 2.05) is 12.1 Å². The minimum atomic E-state index is 0.335. The number of nitrogens with zero attached hydrogens (tertiary/aromatic N) is 2. The van der Waals surface area contributed by atoms with Gasteiger partial charge in [-0.05, 0) is 44.2 Å². The molecule has 1 saturated carbocycles. The number of rotatable bonds is 2. The average molecular weight is 336 g/mol. The van der Waals surface area contributed by atoms with Crippen molar-refractivity contribution in [1.29, 1.82) is 0 Å². The van der Waals surface area contributed by atoms with E-state index >= 15 is 0 Å². The van der Waals surface area contributed by atoms with Crippen molar-refractivity contribution in [3.8, 4) is 11.4 Å². The summed E-state index contributed by atoms with van der Waals surface area (Å²) in [6, 6.07) is 6.43. The first-order valence-corrected chi connectivity index (χ1v) is 7.78. The molecule has 1 aromatic heterocycles. The van der Waals surface area contributed by atoms with Crippen molar-refractivity contribution in [2.24, 2.45) is 5.73 Å². The van der Waals surface area contributed by atoms with Crippen LogP contribution in [0.4, 0.5) is 0 Å². The van der Waals surface area contributed by atoms with Crippen LogP contribution in [0.3, 0.4) is 0 Å². The third-order valence-electron chi connectivity index (χ3n) is 3.99.